The fraction of sp³-hybridized carbons (Fsp3) is 0.875. The van der Waals surface area contributed by atoms with Gasteiger partial charge in [-0.25, -0.2) is 0 Å². The fourth-order valence-corrected chi connectivity index (χ4v) is 3.60. The van der Waals surface area contributed by atoms with Crippen molar-refractivity contribution in [2.24, 2.45) is 17.8 Å². The molecule has 114 valence electrons. The first-order valence-corrected chi connectivity index (χ1v) is 8.07. The molecule has 0 radical (unpaired) electrons. The standard InChI is InChI=1S/C16H28N2O2/c1-4-5-6-17-11-14(8-15(17)19)16(20)18-9-12(2)7-13(3)10-18/h12-14H,4-11H2,1-3H3/t12-,13+,14-/m0/s1. The van der Waals surface area contributed by atoms with Crippen molar-refractivity contribution in [2.45, 2.75) is 46.5 Å². The Kier molecular flexibility index (Phi) is 5.06. The van der Waals surface area contributed by atoms with Crippen molar-refractivity contribution >= 4 is 11.8 Å². The Morgan fingerprint density at radius 1 is 1.20 bits per heavy atom. The molecular weight excluding hydrogens is 252 g/mol. The van der Waals surface area contributed by atoms with Gasteiger partial charge in [0.1, 0.15) is 0 Å². The maximum atomic E-state index is 12.6. The van der Waals surface area contributed by atoms with Gasteiger partial charge in [-0.2, -0.15) is 0 Å². The summed E-state index contributed by atoms with van der Waals surface area (Å²) in [5.41, 5.74) is 0. The molecule has 4 heteroatoms. The highest BCUT2D eigenvalue weighted by molar-refractivity contribution is 5.89. The second-order valence-electron chi connectivity index (χ2n) is 6.78. The van der Waals surface area contributed by atoms with Gasteiger partial charge < -0.3 is 9.80 Å². The van der Waals surface area contributed by atoms with Crippen LogP contribution in [-0.2, 0) is 9.59 Å². The van der Waals surface area contributed by atoms with Gasteiger partial charge in [-0.3, -0.25) is 9.59 Å². The molecule has 0 saturated carbocycles. The first-order chi connectivity index (χ1) is 9.51. The molecule has 2 fully saturated rings. The zero-order valence-corrected chi connectivity index (χ0v) is 13.1. The lowest BCUT2D eigenvalue weighted by molar-refractivity contribution is -0.138. The first kappa shape index (κ1) is 15.3. The lowest BCUT2D eigenvalue weighted by atomic mass is 9.91. The summed E-state index contributed by atoms with van der Waals surface area (Å²) >= 11 is 0. The average Bonchev–Trinajstić information content (AvgIpc) is 2.75. The third-order valence-corrected chi connectivity index (χ3v) is 4.53. The van der Waals surface area contributed by atoms with E-state index in [1.54, 1.807) is 0 Å². The Morgan fingerprint density at radius 2 is 1.85 bits per heavy atom. The molecule has 0 N–H and O–H groups in total. The minimum absolute atomic E-state index is 0.100. The van der Waals surface area contributed by atoms with Crippen LogP contribution in [0, 0.1) is 17.8 Å². The summed E-state index contributed by atoms with van der Waals surface area (Å²) in [6.45, 7) is 9.72. The molecule has 0 unspecified atom stereocenters. The van der Waals surface area contributed by atoms with E-state index in [0.717, 1.165) is 32.5 Å². The van der Waals surface area contributed by atoms with Gasteiger partial charge in [0.05, 0.1) is 5.92 Å². The number of unbranched alkanes of at least 4 members (excludes halogenated alkanes) is 1. The predicted molar refractivity (Wildman–Crippen MR) is 79.1 cm³/mol. The van der Waals surface area contributed by atoms with Gasteiger partial charge in [0.25, 0.3) is 0 Å². The summed E-state index contributed by atoms with van der Waals surface area (Å²) in [7, 11) is 0. The second kappa shape index (κ2) is 6.59. The van der Waals surface area contributed by atoms with Crippen LogP contribution >= 0.6 is 0 Å². The molecule has 2 aliphatic rings. The van der Waals surface area contributed by atoms with Crippen molar-refractivity contribution in [3.05, 3.63) is 0 Å². The van der Waals surface area contributed by atoms with E-state index in [-0.39, 0.29) is 17.7 Å². The van der Waals surface area contributed by atoms with Gasteiger partial charge in [0.2, 0.25) is 11.8 Å². The summed E-state index contributed by atoms with van der Waals surface area (Å²) in [6, 6.07) is 0. The van der Waals surface area contributed by atoms with Gasteiger partial charge in [-0.1, -0.05) is 27.2 Å². The summed E-state index contributed by atoms with van der Waals surface area (Å²) in [5, 5.41) is 0. The normalized spacial score (nSPS) is 30.9. The number of rotatable bonds is 4. The maximum absolute atomic E-state index is 12.6. The van der Waals surface area contributed by atoms with Gasteiger partial charge in [0.15, 0.2) is 0 Å². The summed E-state index contributed by atoms with van der Waals surface area (Å²) in [5.74, 6) is 1.43. The molecule has 3 atom stereocenters. The fourth-order valence-electron chi connectivity index (χ4n) is 3.60. The lowest BCUT2D eigenvalue weighted by Crippen LogP contribution is -2.45. The number of amides is 2. The van der Waals surface area contributed by atoms with Crippen molar-refractivity contribution in [1.29, 1.82) is 0 Å². The molecule has 0 spiro atoms. The summed E-state index contributed by atoms with van der Waals surface area (Å²) < 4.78 is 0. The Bertz CT molecular complexity index is 359. The van der Waals surface area contributed by atoms with Crippen LogP contribution in [0.2, 0.25) is 0 Å². The van der Waals surface area contributed by atoms with Crippen LogP contribution < -0.4 is 0 Å². The molecule has 0 aromatic heterocycles. The zero-order valence-electron chi connectivity index (χ0n) is 13.1. The van der Waals surface area contributed by atoms with Crippen LogP contribution in [0.15, 0.2) is 0 Å². The summed E-state index contributed by atoms with van der Waals surface area (Å²) in [4.78, 5) is 28.4. The SMILES string of the molecule is CCCCN1C[C@@H](C(=O)N2C[C@H](C)C[C@H](C)C2)CC1=O. The molecule has 2 aliphatic heterocycles. The number of carbonyl (C=O) groups excluding carboxylic acids is 2. The van der Waals surface area contributed by atoms with E-state index >= 15 is 0 Å². The third-order valence-electron chi connectivity index (χ3n) is 4.53. The minimum atomic E-state index is -0.100. The van der Waals surface area contributed by atoms with Crippen LogP contribution in [-0.4, -0.2) is 47.8 Å². The number of hydrogen-bond acceptors (Lipinski definition) is 2. The molecule has 20 heavy (non-hydrogen) atoms. The van der Waals surface area contributed by atoms with Crippen LogP contribution in [0.25, 0.3) is 0 Å². The largest absolute Gasteiger partial charge is 0.342 e. The number of nitrogens with zero attached hydrogens (tertiary/aromatic N) is 2. The van der Waals surface area contributed by atoms with Gasteiger partial charge in [0, 0.05) is 32.6 Å². The van der Waals surface area contributed by atoms with Crippen molar-refractivity contribution in [3.63, 3.8) is 0 Å². The van der Waals surface area contributed by atoms with E-state index in [1.165, 1.54) is 6.42 Å². The predicted octanol–water partition coefficient (Wildman–Crippen LogP) is 2.14. The Morgan fingerprint density at radius 3 is 2.45 bits per heavy atom. The van der Waals surface area contributed by atoms with E-state index < -0.39 is 0 Å². The number of likely N-dealkylation sites (tertiary alicyclic amines) is 2. The quantitative estimate of drug-likeness (QED) is 0.791. The van der Waals surface area contributed by atoms with Gasteiger partial charge >= 0.3 is 0 Å². The van der Waals surface area contributed by atoms with Crippen molar-refractivity contribution < 1.29 is 9.59 Å². The molecule has 0 bridgehead atoms. The van der Waals surface area contributed by atoms with Crippen LogP contribution in [0.5, 0.6) is 0 Å². The van der Waals surface area contributed by atoms with Crippen molar-refractivity contribution in [2.75, 3.05) is 26.2 Å². The highest BCUT2D eigenvalue weighted by atomic mass is 16.2. The second-order valence-corrected chi connectivity index (χ2v) is 6.78. The zero-order chi connectivity index (χ0) is 14.7. The highest BCUT2D eigenvalue weighted by Gasteiger charge is 2.37. The smallest absolute Gasteiger partial charge is 0.228 e. The van der Waals surface area contributed by atoms with Gasteiger partial charge in [-0.05, 0) is 24.7 Å². The van der Waals surface area contributed by atoms with E-state index in [4.69, 9.17) is 0 Å². The molecule has 2 rings (SSSR count). The maximum Gasteiger partial charge on any atom is 0.228 e. The number of piperidine rings is 1. The average molecular weight is 280 g/mol. The van der Waals surface area contributed by atoms with Crippen molar-refractivity contribution in [3.8, 4) is 0 Å². The third kappa shape index (κ3) is 3.53. The monoisotopic (exact) mass is 280 g/mol. The van der Waals surface area contributed by atoms with Crippen LogP contribution in [0.4, 0.5) is 0 Å². The molecule has 0 aliphatic carbocycles. The Hall–Kier alpha value is -1.06. The molecule has 2 amide bonds. The molecular formula is C16H28N2O2. The van der Waals surface area contributed by atoms with Crippen LogP contribution in [0.1, 0.15) is 46.5 Å². The van der Waals surface area contributed by atoms with Gasteiger partial charge in [-0.15, -0.1) is 0 Å². The molecule has 2 saturated heterocycles. The van der Waals surface area contributed by atoms with E-state index in [1.807, 2.05) is 9.80 Å². The Balaban J connectivity index is 1.91. The highest BCUT2D eigenvalue weighted by Crippen LogP contribution is 2.26. The first-order valence-electron chi connectivity index (χ1n) is 8.07. The minimum Gasteiger partial charge on any atom is -0.342 e. The molecule has 0 aromatic rings. The molecule has 2 heterocycles. The van der Waals surface area contributed by atoms with E-state index in [9.17, 15) is 9.59 Å². The molecule has 0 aromatic carbocycles. The number of carbonyl (C=O) groups is 2. The van der Waals surface area contributed by atoms with E-state index in [0.29, 0.717) is 24.8 Å². The topological polar surface area (TPSA) is 40.6 Å². The molecule has 4 nitrogen and oxygen atoms in total. The van der Waals surface area contributed by atoms with Crippen molar-refractivity contribution in [1.82, 2.24) is 9.80 Å². The lowest BCUT2D eigenvalue weighted by Gasteiger charge is -2.36. The Labute approximate surface area is 122 Å². The number of hydrogen-bond donors (Lipinski definition) is 0. The van der Waals surface area contributed by atoms with E-state index in [2.05, 4.69) is 20.8 Å². The van der Waals surface area contributed by atoms with Crippen LogP contribution in [0.3, 0.4) is 0 Å². The summed E-state index contributed by atoms with van der Waals surface area (Å²) in [6.07, 6.45) is 3.74.